The lowest BCUT2D eigenvalue weighted by Crippen LogP contribution is -2.22. The molecule has 2 aromatic carbocycles. The first kappa shape index (κ1) is 21.9. The minimum atomic E-state index is -0.661. The average molecular weight is 436 g/mol. The van der Waals surface area contributed by atoms with Gasteiger partial charge in [-0.1, -0.05) is 24.3 Å². The SMILES string of the molecule is Cc1cccc(NC(=O)c2ccccc2NC(=O)COC(=O)/C=C/c2csc(C)n2)c1. The molecule has 1 heterocycles. The minimum absolute atomic E-state index is 0.294. The summed E-state index contributed by atoms with van der Waals surface area (Å²) < 4.78 is 4.95. The number of aryl methyl sites for hydroxylation is 2. The number of aromatic nitrogens is 1. The molecule has 0 aliphatic carbocycles. The first-order valence-corrected chi connectivity index (χ1v) is 10.3. The Morgan fingerprint density at radius 2 is 1.87 bits per heavy atom. The number of anilines is 2. The molecular weight excluding hydrogens is 414 g/mol. The van der Waals surface area contributed by atoms with Gasteiger partial charge in [-0.05, 0) is 49.8 Å². The molecule has 0 fully saturated rings. The van der Waals surface area contributed by atoms with Crippen LogP contribution in [0.5, 0.6) is 0 Å². The number of nitrogens with one attached hydrogen (secondary N) is 2. The number of carbonyl (C=O) groups excluding carboxylic acids is 3. The maximum atomic E-state index is 12.7. The molecular formula is C23H21N3O4S. The molecule has 0 aliphatic rings. The summed E-state index contributed by atoms with van der Waals surface area (Å²) in [6, 6.07) is 14.0. The van der Waals surface area contributed by atoms with Crippen molar-refractivity contribution in [1.29, 1.82) is 0 Å². The highest BCUT2D eigenvalue weighted by Crippen LogP contribution is 2.18. The molecule has 0 saturated carbocycles. The Bertz CT molecular complexity index is 1140. The molecule has 3 aromatic rings. The van der Waals surface area contributed by atoms with Crippen LogP contribution in [0.3, 0.4) is 0 Å². The van der Waals surface area contributed by atoms with Crippen LogP contribution in [0, 0.1) is 13.8 Å². The van der Waals surface area contributed by atoms with Crippen molar-refractivity contribution in [3.8, 4) is 0 Å². The monoisotopic (exact) mass is 435 g/mol. The molecule has 0 unspecified atom stereocenters. The number of benzene rings is 2. The van der Waals surface area contributed by atoms with Gasteiger partial charge in [-0.3, -0.25) is 9.59 Å². The zero-order chi connectivity index (χ0) is 22.2. The quantitative estimate of drug-likeness (QED) is 0.428. The molecule has 1 aromatic heterocycles. The molecule has 2 amide bonds. The Morgan fingerprint density at radius 3 is 2.61 bits per heavy atom. The van der Waals surface area contributed by atoms with Crippen molar-refractivity contribution in [2.45, 2.75) is 13.8 Å². The van der Waals surface area contributed by atoms with E-state index in [0.29, 0.717) is 22.6 Å². The number of rotatable bonds is 7. The molecule has 158 valence electrons. The average Bonchev–Trinajstić information content (AvgIpc) is 3.16. The van der Waals surface area contributed by atoms with Gasteiger partial charge in [-0.2, -0.15) is 0 Å². The van der Waals surface area contributed by atoms with Gasteiger partial charge in [0.15, 0.2) is 6.61 Å². The predicted octanol–water partition coefficient (Wildman–Crippen LogP) is 4.21. The molecule has 0 saturated heterocycles. The number of hydrogen-bond donors (Lipinski definition) is 2. The molecule has 3 rings (SSSR count). The van der Waals surface area contributed by atoms with Gasteiger partial charge in [0, 0.05) is 17.1 Å². The Labute approximate surface area is 183 Å². The van der Waals surface area contributed by atoms with Crippen LogP contribution in [0.15, 0.2) is 60.0 Å². The Morgan fingerprint density at radius 1 is 1.06 bits per heavy atom. The van der Waals surface area contributed by atoms with Crippen molar-refractivity contribution in [2.75, 3.05) is 17.2 Å². The van der Waals surface area contributed by atoms with Crippen molar-refractivity contribution in [3.05, 3.63) is 81.8 Å². The summed E-state index contributed by atoms with van der Waals surface area (Å²) in [6.45, 7) is 3.31. The van der Waals surface area contributed by atoms with Crippen LogP contribution in [-0.2, 0) is 14.3 Å². The number of nitrogens with zero attached hydrogens (tertiary/aromatic N) is 1. The summed E-state index contributed by atoms with van der Waals surface area (Å²) in [7, 11) is 0. The van der Waals surface area contributed by atoms with Gasteiger partial charge in [-0.25, -0.2) is 9.78 Å². The summed E-state index contributed by atoms with van der Waals surface area (Å²) >= 11 is 1.47. The van der Waals surface area contributed by atoms with E-state index in [9.17, 15) is 14.4 Å². The zero-order valence-corrected chi connectivity index (χ0v) is 17.9. The van der Waals surface area contributed by atoms with Crippen LogP contribution in [0.2, 0.25) is 0 Å². The fourth-order valence-corrected chi connectivity index (χ4v) is 3.27. The summed E-state index contributed by atoms with van der Waals surface area (Å²) in [5, 5.41) is 8.11. The third-order valence-corrected chi connectivity index (χ3v) is 4.89. The van der Waals surface area contributed by atoms with Crippen LogP contribution in [0.4, 0.5) is 11.4 Å². The van der Waals surface area contributed by atoms with Crippen LogP contribution in [-0.4, -0.2) is 29.4 Å². The lowest BCUT2D eigenvalue weighted by atomic mass is 10.1. The smallest absolute Gasteiger partial charge is 0.331 e. The number of ether oxygens (including phenoxy) is 1. The van der Waals surface area contributed by atoms with Gasteiger partial charge in [0.05, 0.1) is 22.0 Å². The third kappa shape index (κ3) is 6.61. The topological polar surface area (TPSA) is 97.4 Å². The van der Waals surface area contributed by atoms with Gasteiger partial charge in [-0.15, -0.1) is 11.3 Å². The van der Waals surface area contributed by atoms with Crippen LogP contribution in [0.1, 0.15) is 26.6 Å². The highest BCUT2D eigenvalue weighted by molar-refractivity contribution is 7.09. The minimum Gasteiger partial charge on any atom is -0.452 e. The summed E-state index contributed by atoms with van der Waals surface area (Å²) in [5.74, 6) is -1.58. The lowest BCUT2D eigenvalue weighted by molar-refractivity contribution is -0.142. The van der Waals surface area contributed by atoms with Gasteiger partial charge >= 0.3 is 5.97 Å². The Balaban J connectivity index is 1.57. The van der Waals surface area contributed by atoms with Crippen molar-refractivity contribution >= 4 is 46.6 Å². The number of carbonyl (C=O) groups is 3. The molecule has 2 N–H and O–H groups in total. The molecule has 0 atom stereocenters. The van der Waals surface area contributed by atoms with E-state index in [-0.39, 0.29) is 5.91 Å². The highest BCUT2D eigenvalue weighted by atomic mass is 32.1. The van der Waals surface area contributed by atoms with E-state index in [2.05, 4.69) is 15.6 Å². The first-order chi connectivity index (χ1) is 14.9. The molecule has 0 bridgehead atoms. The normalized spacial score (nSPS) is 10.6. The zero-order valence-electron chi connectivity index (χ0n) is 17.0. The summed E-state index contributed by atoms with van der Waals surface area (Å²) in [6.07, 6.45) is 2.74. The number of amides is 2. The van der Waals surface area contributed by atoms with Crippen molar-refractivity contribution in [3.63, 3.8) is 0 Å². The predicted molar refractivity (Wildman–Crippen MR) is 121 cm³/mol. The second-order valence-electron chi connectivity index (χ2n) is 6.65. The van der Waals surface area contributed by atoms with E-state index in [4.69, 9.17) is 4.74 Å². The molecule has 0 radical (unpaired) electrons. The van der Waals surface area contributed by atoms with E-state index >= 15 is 0 Å². The van der Waals surface area contributed by atoms with Crippen LogP contribution < -0.4 is 10.6 Å². The second kappa shape index (κ2) is 10.3. The molecule has 8 heteroatoms. The number of thiazole rings is 1. The Hall–Kier alpha value is -3.78. The highest BCUT2D eigenvalue weighted by Gasteiger charge is 2.14. The molecule has 7 nitrogen and oxygen atoms in total. The van der Waals surface area contributed by atoms with E-state index in [1.165, 1.54) is 23.5 Å². The maximum absolute atomic E-state index is 12.7. The van der Waals surface area contributed by atoms with Crippen molar-refractivity contribution in [1.82, 2.24) is 4.98 Å². The van der Waals surface area contributed by atoms with Crippen molar-refractivity contribution in [2.24, 2.45) is 0 Å². The maximum Gasteiger partial charge on any atom is 0.331 e. The van der Waals surface area contributed by atoms with Crippen molar-refractivity contribution < 1.29 is 19.1 Å². The fourth-order valence-electron chi connectivity index (χ4n) is 2.69. The second-order valence-corrected chi connectivity index (χ2v) is 7.71. The Kier molecular flexibility index (Phi) is 7.29. The van der Waals surface area contributed by atoms with E-state index in [1.807, 2.05) is 37.4 Å². The fraction of sp³-hybridized carbons (Fsp3) is 0.130. The van der Waals surface area contributed by atoms with Crippen LogP contribution in [0.25, 0.3) is 6.08 Å². The van der Waals surface area contributed by atoms with Gasteiger partial charge in [0.2, 0.25) is 0 Å². The number of esters is 1. The number of hydrogen-bond acceptors (Lipinski definition) is 6. The van der Waals surface area contributed by atoms with E-state index < -0.39 is 18.5 Å². The summed E-state index contributed by atoms with van der Waals surface area (Å²) in [4.78, 5) is 40.9. The largest absolute Gasteiger partial charge is 0.452 e. The van der Waals surface area contributed by atoms with Crippen LogP contribution >= 0.6 is 11.3 Å². The lowest BCUT2D eigenvalue weighted by Gasteiger charge is -2.12. The van der Waals surface area contributed by atoms with Gasteiger partial charge < -0.3 is 15.4 Å². The standard InChI is InChI=1S/C23H21N3O4S/c1-15-6-5-7-17(12-15)25-23(29)19-8-3-4-9-20(19)26-21(27)13-30-22(28)11-10-18-14-31-16(2)24-18/h3-12,14H,13H2,1-2H3,(H,25,29)(H,26,27)/b11-10+. The van der Waals surface area contributed by atoms with Gasteiger partial charge in [0.1, 0.15) is 0 Å². The van der Waals surface area contributed by atoms with E-state index in [1.54, 1.807) is 30.3 Å². The molecule has 0 aliphatic heterocycles. The number of para-hydroxylation sites is 1. The molecule has 31 heavy (non-hydrogen) atoms. The van der Waals surface area contributed by atoms with E-state index in [0.717, 1.165) is 10.6 Å². The van der Waals surface area contributed by atoms with Gasteiger partial charge in [0.25, 0.3) is 11.8 Å². The first-order valence-electron chi connectivity index (χ1n) is 9.44. The summed E-state index contributed by atoms with van der Waals surface area (Å²) in [5.41, 5.74) is 2.93. The third-order valence-electron chi connectivity index (χ3n) is 4.09. The molecule has 0 spiro atoms.